The van der Waals surface area contributed by atoms with E-state index in [1.165, 1.54) is 0 Å². The number of amides is 1. The average molecular weight is 441 g/mol. The molecule has 0 saturated carbocycles. The van der Waals surface area contributed by atoms with E-state index in [9.17, 15) is 14.4 Å². The maximum absolute atomic E-state index is 12.7. The van der Waals surface area contributed by atoms with E-state index in [-0.39, 0.29) is 26.1 Å². The molecule has 2 rings (SSSR count). The number of benzene rings is 2. The molecule has 32 heavy (non-hydrogen) atoms. The molecule has 3 N–H and O–H groups in total. The summed E-state index contributed by atoms with van der Waals surface area (Å²) in [5.74, 6) is -1.57. The summed E-state index contributed by atoms with van der Waals surface area (Å²) >= 11 is 0. The number of nitrogens with one attached hydrogen (secondary N) is 1. The van der Waals surface area contributed by atoms with E-state index in [1.54, 1.807) is 0 Å². The Morgan fingerprint density at radius 2 is 1.38 bits per heavy atom. The highest BCUT2D eigenvalue weighted by atomic mass is 16.5. The third-order valence-electron chi connectivity index (χ3n) is 4.92. The Bertz CT molecular complexity index is 878. The van der Waals surface area contributed by atoms with Gasteiger partial charge in [-0.05, 0) is 23.0 Å². The largest absolute Gasteiger partial charge is 0.461 e. The van der Waals surface area contributed by atoms with Crippen LogP contribution in [0, 0.1) is 5.41 Å². The number of rotatable bonds is 10. The molecule has 0 bridgehead atoms. The molecular formula is C25H32N2O5. The van der Waals surface area contributed by atoms with Crippen molar-refractivity contribution in [3.8, 4) is 0 Å². The van der Waals surface area contributed by atoms with E-state index < -0.39 is 35.3 Å². The Morgan fingerprint density at radius 3 is 1.88 bits per heavy atom. The van der Waals surface area contributed by atoms with E-state index in [2.05, 4.69) is 5.32 Å². The summed E-state index contributed by atoms with van der Waals surface area (Å²) in [6, 6.07) is 16.7. The van der Waals surface area contributed by atoms with E-state index in [1.807, 2.05) is 81.4 Å². The quantitative estimate of drug-likeness (QED) is 0.550. The fraction of sp³-hybridized carbons (Fsp3) is 0.400. The van der Waals surface area contributed by atoms with Gasteiger partial charge in [0.1, 0.15) is 19.3 Å². The Morgan fingerprint density at radius 1 is 0.875 bits per heavy atom. The van der Waals surface area contributed by atoms with E-state index >= 15 is 0 Å². The van der Waals surface area contributed by atoms with Gasteiger partial charge in [-0.25, -0.2) is 4.79 Å². The van der Waals surface area contributed by atoms with Gasteiger partial charge in [0.2, 0.25) is 5.91 Å². The second-order valence-corrected chi connectivity index (χ2v) is 8.68. The standard InChI is InChI=1S/C25H32N2O5/c1-25(2,3)22(26)23(29)27-20(24(30)32-17-19-12-8-5-9-13-19)14-15-21(28)31-16-18-10-6-4-7-11-18/h4-13,20,22H,14-17,26H2,1-3H3,(H,27,29)/t20-,22+/m0/s1. The normalized spacial score (nSPS) is 13.0. The zero-order valence-electron chi connectivity index (χ0n) is 18.9. The summed E-state index contributed by atoms with van der Waals surface area (Å²) in [6.07, 6.45) is -0.00712. The highest BCUT2D eigenvalue weighted by Crippen LogP contribution is 2.18. The van der Waals surface area contributed by atoms with Crippen LogP contribution in [0.5, 0.6) is 0 Å². The molecule has 0 saturated heterocycles. The Hall–Kier alpha value is -3.19. The van der Waals surface area contributed by atoms with Crippen LogP contribution in [-0.4, -0.2) is 29.9 Å². The fourth-order valence-electron chi connectivity index (χ4n) is 2.81. The molecule has 0 aliphatic carbocycles. The third-order valence-corrected chi connectivity index (χ3v) is 4.92. The van der Waals surface area contributed by atoms with Crippen LogP contribution >= 0.6 is 0 Å². The highest BCUT2D eigenvalue weighted by Gasteiger charge is 2.31. The minimum absolute atomic E-state index is 0.0455. The molecule has 172 valence electrons. The fourth-order valence-corrected chi connectivity index (χ4v) is 2.81. The van der Waals surface area contributed by atoms with Crippen LogP contribution in [0.1, 0.15) is 44.7 Å². The van der Waals surface area contributed by atoms with Gasteiger partial charge in [0, 0.05) is 6.42 Å². The van der Waals surface area contributed by atoms with Gasteiger partial charge in [-0.3, -0.25) is 9.59 Å². The van der Waals surface area contributed by atoms with E-state index in [0.29, 0.717) is 0 Å². The lowest BCUT2D eigenvalue weighted by molar-refractivity contribution is -0.151. The number of esters is 2. The first-order valence-corrected chi connectivity index (χ1v) is 10.6. The SMILES string of the molecule is CC(C)(C)[C@H](N)C(=O)N[C@@H](CCC(=O)OCc1ccccc1)C(=O)OCc1ccccc1. The summed E-state index contributed by atoms with van der Waals surface area (Å²) in [6.45, 7) is 5.71. The molecule has 2 atom stereocenters. The molecule has 1 amide bonds. The van der Waals surface area contributed by atoms with Crippen molar-refractivity contribution in [1.29, 1.82) is 0 Å². The maximum atomic E-state index is 12.7. The second kappa shape index (κ2) is 12.0. The monoisotopic (exact) mass is 440 g/mol. The van der Waals surface area contributed by atoms with Crippen molar-refractivity contribution in [2.75, 3.05) is 0 Å². The van der Waals surface area contributed by atoms with Gasteiger partial charge in [-0.1, -0.05) is 81.4 Å². The zero-order valence-corrected chi connectivity index (χ0v) is 18.9. The predicted molar refractivity (Wildman–Crippen MR) is 121 cm³/mol. The number of carbonyl (C=O) groups is 3. The lowest BCUT2D eigenvalue weighted by atomic mass is 9.86. The molecule has 2 aromatic carbocycles. The molecule has 0 fully saturated rings. The molecule has 0 aromatic heterocycles. The lowest BCUT2D eigenvalue weighted by Gasteiger charge is -2.27. The highest BCUT2D eigenvalue weighted by molar-refractivity contribution is 5.88. The van der Waals surface area contributed by atoms with Crippen molar-refractivity contribution in [1.82, 2.24) is 5.32 Å². The van der Waals surface area contributed by atoms with E-state index in [4.69, 9.17) is 15.2 Å². The minimum Gasteiger partial charge on any atom is -0.461 e. The van der Waals surface area contributed by atoms with Crippen molar-refractivity contribution < 1.29 is 23.9 Å². The molecule has 0 aliphatic heterocycles. The topological polar surface area (TPSA) is 108 Å². The summed E-state index contributed by atoms with van der Waals surface area (Å²) in [7, 11) is 0. The number of hydrogen-bond acceptors (Lipinski definition) is 6. The van der Waals surface area contributed by atoms with Crippen molar-refractivity contribution in [2.24, 2.45) is 11.1 Å². The van der Waals surface area contributed by atoms with Crippen LogP contribution < -0.4 is 11.1 Å². The summed E-state index contributed by atoms with van der Waals surface area (Å²) in [4.78, 5) is 37.5. The van der Waals surface area contributed by atoms with Crippen LogP contribution in [-0.2, 0) is 37.1 Å². The van der Waals surface area contributed by atoms with Gasteiger partial charge < -0.3 is 20.5 Å². The number of hydrogen-bond donors (Lipinski definition) is 2. The Balaban J connectivity index is 1.96. The Kier molecular flexibility index (Phi) is 9.40. The first-order valence-electron chi connectivity index (χ1n) is 10.6. The molecule has 0 aliphatic rings. The summed E-state index contributed by atoms with van der Waals surface area (Å²) in [5.41, 5.74) is 7.22. The Labute approximate surface area is 189 Å². The lowest BCUT2D eigenvalue weighted by Crippen LogP contribution is -2.53. The van der Waals surface area contributed by atoms with Crippen molar-refractivity contribution >= 4 is 17.8 Å². The van der Waals surface area contributed by atoms with Crippen LogP contribution in [0.2, 0.25) is 0 Å². The number of nitrogens with two attached hydrogens (primary N) is 1. The smallest absolute Gasteiger partial charge is 0.328 e. The molecule has 2 aromatic rings. The van der Waals surface area contributed by atoms with Crippen LogP contribution in [0.25, 0.3) is 0 Å². The molecule has 7 heteroatoms. The first kappa shape index (κ1) is 25.1. The molecule has 7 nitrogen and oxygen atoms in total. The van der Waals surface area contributed by atoms with E-state index in [0.717, 1.165) is 11.1 Å². The van der Waals surface area contributed by atoms with Crippen molar-refractivity contribution in [3.05, 3.63) is 71.8 Å². The van der Waals surface area contributed by atoms with Gasteiger partial charge in [0.05, 0.1) is 6.04 Å². The van der Waals surface area contributed by atoms with Gasteiger partial charge in [-0.2, -0.15) is 0 Å². The average Bonchev–Trinajstić information content (AvgIpc) is 2.78. The van der Waals surface area contributed by atoms with Gasteiger partial charge in [0.25, 0.3) is 0 Å². The zero-order chi connectivity index (χ0) is 23.6. The molecule has 0 unspecified atom stereocenters. The first-order chi connectivity index (χ1) is 15.2. The third kappa shape index (κ3) is 8.51. The number of carbonyl (C=O) groups excluding carboxylic acids is 3. The molecule has 0 heterocycles. The van der Waals surface area contributed by atoms with Gasteiger partial charge >= 0.3 is 11.9 Å². The molecule has 0 spiro atoms. The van der Waals surface area contributed by atoms with Crippen LogP contribution in [0.4, 0.5) is 0 Å². The molecule has 0 radical (unpaired) electrons. The molecular weight excluding hydrogens is 408 g/mol. The van der Waals surface area contributed by atoms with Gasteiger partial charge in [0.15, 0.2) is 0 Å². The van der Waals surface area contributed by atoms with Crippen LogP contribution in [0.3, 0.4) is 0 Å². The number of ether oxygens (including phenoxy) is 2. The summed E-state index contributed by atoms with van der Waals surface area (Å²) < 4.78 is 10.6. The maximum Gasteiger partial charge on any atom is 0.328 e. The van der Waals surface area contributed by atoms with Gasteiger partial charge in [-0.15, -0.1) is 0 Å². The predicted octanol–water partition coefficient (Wildman–Crippen LogP) is 3.11. The van der Waals surface area contributed by atoms with Crippen molar-refractivity contribution in [3.63, 3.8) is 0 Å². The van der Waals surface area contributed by atoms with Crippen molar-refractivity contribution in [2.45, 2.75) is 58.9 Å². The van der Waals surface area contributed by atoms with Crippen LogP contribution in [0.15, 0.2) is 60.7 Å². The summed E-state index contributed by atoms with van der Waals surface area (Å²) in [5, 5.41) is 2.64. The minimum atomic E-state index is -1.01. The second-order valence-electron chi connectivity index (χ2n) is 8.68.